The largest absolute Gasteiger partial charge is 0.469 e. The lowest BCUT2D eigenvalue weighted by Crippen LogP contribution is -2.53. The summed E-state index contributed by atoms with van der Waals surface area (Å²) in [6.45, 7) is 0. The maximum absolute atomic E-state index is 14.0. The molecule has 2 atom stereocenters. The van der Waals surface area contributed by atoms with Crippen molar-refractivity contribution in [2.24, 2.45) is 5.92 Å². The summed E-state index contributed by atoms with van der Waals surface area (Å²) in [7, 11) is 2.00. The Balaban J connectivity index is 2.36. The van der Waals surface area contributed by atoms with Gasteiger partial charge in [0.25, 0.3) is 5.60 Å². The number of hydrogen-bond donors (Lipinski definition) is 0. The lowest BCUT2D eigenvalue weighted by Gasteiger charge is -2.36. The molecular formula is C20H25F3O5. The van der Waals surface area contributed by atoms with Crippen LogP contribution in [0.2, 0.25) is 0 Å². The van der Waals surface area contributed by atoms with Crippen molar-refractivity contribution in [2.45, 2.75) is 56.4 Å². The number of rotatable bonds is 7. The topological polar surface area (TPSA) is 61.8 Å². The summed E-state index contributed by atoms with van der Waals surface area (Å²) in [4.78, 5) is 24.6. The molecule has 0 spiro atoms. The third-order valence-corrected chi connectivity index (χ3v) is 5.20. The monoisotopic (exact) mass is 402 g/mol. The summed E-state index contributed by atoms with van der Waals surface area (Å²) in [6.07, 6.45) is -2.26. The van der Waals surface area contributed by atoms with Gasteiger partial charge < -0.3 is 14.2 Å². The predicted octanol–water partition coefficient (Wildman–Crippen LogP) is 4.15. The Hall–Kier alpha value is -2.09. The Morgan fingerprint density at radius 3 is 2.18 bits per heavy atom. The van der Waals surface area contributed by atoms with Crippen molar-refractivity contribution in [2.75, 3.05) is 14.2 Å². The lowest BCUT2D eigenvalue weighted by atomic mass is 9.83. The van der Waals surface area contributed by atoms with Gasteiger partial charge in [-0.25, -0.2) is 4.79 Å². The first kappa shape index (κ1) is 22.2. The van der Waals surface area contributed by atoms with Crippen LogP contribution in [0.25, 0.3) is 0 Å². The Morgan fingerprint density at radius 2 is 1.68 bits per heavy atom. The first-order valence-corrected chi connectivity index (χ1v) is 9.21. The minimum absolute atomic E-state index is 0.199. The summed E-state index contributed by atoms with van der Waals surface area (Å²) in [5, 5.41) is 0. The van der Waals surface area contributed by atoms with Crippen molar-refractivity contribution in [3.63, 3.8) is 0 Å². The highest BCUT2D eigenvalue weighted by molar-refractivity contribution is 5.83. The summed E-state index contributed by atoms with van der Waals surface area (Å²) >= 11 is 0. The van der Waals surface area contributed by atoms with Gasteiger partial charge in [0.1, 0.15) is 6.10 Å². The highest BCUT2D eigenvalue weighted by Gasteiger charge is 2.64. The molecule has 0 saturated heterocycles. The van der Waals surface area contributed by atoms with Crippen LogP contribution >= 0.6 is 0 Å². The van der Waals surface area contributed by atoms with E-state index < -0.39 is 29.8 Å². The molecule has 0 radical (unpaired) electrons. The van der Waals surface area contributed by atoms with Gasteiger partial charge in [-0.3, -0.25) is 4.79 Å². The fourth-order valence-electron chi connectivity index (χ4n) is 3.67. The number of methoxy groups -OCH3 is 2. The third-order valence-electron chi connectivity index (χ3n) is 5.20. The molecule has 8 heteroatoms. The van der Waals surface area contributed by atoms with Gasteiger partial charge in [0.2, 0.25) is 0 Å². The number of benzene rings is 1. The van der Waals surface area contributed by atoms with E-state index >= 15 is 0 Å². The van der Waals surface area contributed by atoms with Crippen molar-refractivity contribution in [3.05, 3.63) is 35.9 Å². The third kappa shape index (κ3) is 4.66. The van der Waals surface area contributed by atoms with Gasteiger partial charge in [0.15, 0.2) is 0 Å². The van der Waals surface area contributed by atoms with E-state index in [1.54, 1.807) is 0 Å². The summed E-state index contributed by atoms with van der Waals surface area (Å²) in [5.74, 6) is -2.42. The molecule has 1 aromatic rings. The van der Waals surface area contributed by atoms with Gasteiger partial charge in [-0.05, 0) is 18.8 Å². The Kier molecular flexibility index (Phi) is 7.46. The molecule has 0 heterocycles. The fraction of sp³-hybridized carbons (Fsp3) is 0.600. The molecule has 0 unspecified atom stereocenters. The van der Waals surface area contributed by atoms with Gasteiger partial charge in [-0.15, -0.1) is 0 Å². The van der Waals surface area contributed by atoms with Gasteiger partial charge >= 0.3 is 18.1 Å². The number of alkyl halides is 3. The maximum Gasteiger partial charge on any atom is 0.432 e. The van der Waals surface area contributed by atoms with Crippen LogP contribution in [0.4, 0.5) is 13.2 Å². The van der Waals surface area contributed by atoms with Crippen LogP contribution in [0.5, 0.6) is 0 Å². The van der Waals surface area contributed by atoms with Crippen molar-refractivity contribution < 1.29 is 37.0 Å². The molecule has 1 aliphatic rings. The summed E-state index contributed by atoms with van der Waals surface area (Å²) < 4.78 is 56.7. The number of carbonyl (C=O) groups excluding carboxylic acids is 2. The van der Waals surface area contributed by atoms with Gasteiger partial charge in [0.05, 0.1) is 13.5 Å². The average molecular weight is 402 g/mol. The number of carbonyl (C=O) groups is 2. The number of hydrogen-bond acceptors (Lipinski definition) is 5. The second-order valence-corrected chi connectivity index (χ2v) is 6.87. The molecule has 5 nitrogen and oxygen atoms in total. The second kappa shape index (κ2) is 9.41. The molecule has 0 aromatic heterocycles. The molecule has 1 fully saturated rings. The van der Waals surface area contributed by atoms with Crippen LogP contribution in [0.1, 0.15) is 44.1 Å². The highest BCUT2D eigenvalue weighted by atomic mass is 19.4. The number of ether oxygens (including phenoxy) is 3. The predicted molar refractivity (Wildman–Crippen MR) is 94.3 cm³/mol. The van der Waals surface area contributed by atoms with Gasteiger partial charge in [0, 0.05) is 12.7 Å². The average Bonchev–Trinajstić information content (AvgIpc) is 2.68. The van der Waals surface area contributed by atoms with E-state index in [2.05, 4.69) is 4.74 Å². The molecule has 28 heavy (non-hydrogen) atoms. The van der Waals surface area contributed by atoms with Crippen molar-refractivity contribution in [1.82, 2.24) is 0 Å². The first-order chi connectivity index (χ1) is 13.3. The van der Waals surface area contributed by atoms with Crippen LogP contribution in [-0.4, -0.2) is 38.4 Å². The zero-order valence-corrected chi connectivity index (χ0v) is 16.0. The SMILES string of the molecule is COC(=O)C[C@@H](OC(=O)[C@](OC)(c1ccccc1)C(F)(F)F)C1CCCCC1. The smallest absolute Gasteiger partial charge is 0.432 e. The van der Waals surface area contributed by atoms with E-state index in [0.717, 1.165) is 38.5 Å². The molecule has 0 aliphatic heterocycles. The van der Waals surface area contributed by atoms with E-state index in [4.69, 9.17) is 9.47 Å². The van der Waals surface area contributed by atoms with Crippen molar-refractivity contribution in [1.29, 1.82) is 0 Å². The van der Waals surface area contributed by atoms with Crippen molar-refractivity contribution in [3.8, 4) is 0 Å². The summed E-state index contributed by atoms with van der Waals surface area (Å²) in [6, 6.07) is 6.63. The van der Waals surface area contributed by atoms with Crippen molar-refractivity contribution >= 4 is 11.9 Å². The highest BCUT2D eigenvalue weighted by Crippen LogP contribution is 2.44. The molecule has 1 aliphatic carbocycles. The molecular weight excluding hydrogens is 377 g/mol. The first-order valence-electron chi connectivity index (χ1n) is 9.21. The molecule has 1 saturated carbocycles. The van der Waals surface area contributed by atoms with E-state index in [9.17, 15) is 22.8 Å². The Bertz CT molecular complexity index is 656. The van der Waals surface area contributed by atoms with Gasteiger partial charge in [-0.1, -0.05) is 49.6 Å². The van der Waals surface area contributed by atoms with E-state index in [1.165, 1.54) is 25.3 Å². The summed E-state index contributed by atoms with van der Waals surface area (Å²) in [5.41, 5.74) is -3.65. The minimum Gasteiger partial charge on any atom is -0.469 e. The zero-order chi connectivity index (χ0) is 20.8. The minimum atomic E-state index is -5.05. The lowest BCUT2D eigenvalue weighted by molar-refractivity contribution is -0.279. The number of halogens is 3. The maximum atomic E-state index is 14.0. The van der Waals surface area contributed by atoms with E-state index in [1.807, 2.05) is 0 Å². The Labute approximate surface area is 162 Å². The zero-order valence-electron chi connectivity index (χ0n) is 16.0. The van der Waals surface area contributed by atoms with Crippen LogP contribution in [-0.2, 0) is 29.4 Å². The van der Waals surface area contributed by atoms with Crippen LogP contribution in [0.15, 0.2) is 30.3 Å². The van der Waals surface area contributed by atoms with Crippen LogP contribution < -0.4 is 0 Å². The molecule has 1 aromatic carbocycles. The van der Waals surface area contributed by atoms with Crippen LogP contribution in [0.3, 0.4) is 0 Å². The molecule has 2 rings (SSSR count). The molecule has 0 amide bonds. The van der Waals surface area contributed by atoms with Gasteiger partial charge in [-0.2, -0.15) is 13.2 Å². The normalized spacial score (nSPS) is 18.8. The van der Waals surface area contributed by atoms with E-state index in [0.29, 0.717) is 12.8 Å². The number of esters is 2. The fourth-order valence-corrected chi connectivity index (χ4v) is 3.67. The van der Waals surface area contributed by atoms with E-state index in [-0.39, 0.29) is 17.9 Å². The molecule has 0 bridgehead atoms. The molecule has 156 valence electrons. The quantitative estimate of drug-likeness (QED) is 0.642. The molecule has 0 N–H and O–H groups in total. The van der Waals surface area contributed by atoms with Crippen LogP contribution in [0, 0.1) is 5.92 Å². The second-order valence-electron chi connectivity index (χ2n) is 6.87. The standard InChI is InChI=1S/C20H25F3O5/c1-26-17(24)13-16(14-9-5-3-6-10-14)28-18(25)19(27-2,20(21,22)23)15-11-7-4-8-12-15/h4,7-8,11-12,14,16H,3,5-6,9-10,13H2,1-2H3/t16-,19-/m1/s1. The Morgan fingerprint density at radius 1 is 1.07 bits per heavy atom.